The van der Waals surface area contributed by atoms with Gasteiger partial charge < -0.3 is 9.67 Å². The highest BCUT2D eigenvalue weighted by molar-refractivity contribution is 7.16. The summed E-state index contributed by atoms with van der Waals surface area (Å²) >= 11 is 1.59. The Morgan fingerprint density at radius 3 is 2.67 bits per heavy atom. The standard InChI is InChI=1S/C19H15N3OS/c1-22-16-8-4-5-9-18(16)24-19(22)21-20-12-15-14-7-3-2-6-13(14)10-11-17(15)23/h2-12,23H,1H3. The number of benzene rings is 3. The molecule has 4 rings (SSSR count). The fourth-order valence-corrected chi connectivity index (χ4v) is 3.71. The van der Waals surface area contributed by atoms with Crippen molar-refractivity contribution in [3.63, 3.8) is 0 Å². The number of aryl methyl sites for hydroxylation is 1. The second kappa shape index (κ2) is 5.94. The van der Waals surface area contributed by atoms with Crippen molar-refractivity contribution < 1.29 is 5.11 Å². The van der Waals surface area contributed by atoms with Crippen molar-refractivity contribution in [3.05, 3.63) is 71.0 Å². The van der Waals surface area contributed by atoms with E-state index in [1.54, 1.807) is 23.6 Å². The van der Waals surface area contributed by atoms with Gasteiger partial charge in [0.05, 0.1) is 16.4 Å². The molecule has 4 aromatic rings. The van der Waals surface area contributed by atoms with Crippen molar-refractivity contribution in [2.75, 3.05) is 0 Å². The highest BCUT2D eigenvalue weighted by atomic mass is 32.1. The van der Waals surface area contributed by atoms with Gasteiger partial charge in [0.15, 0.2) is 0 Å². The number of aromatic nitrogens is 1. The zero-order chi connectivity index (χ0) is 16.5. The van der Waals surface area contributed by atoms with Crippen LogP contribution < -0.4 is 4.80 Å². The third-order valence-corrected chi connectivity index (χ3v) is 5.10. The Bertz CT molecular complexity index is 1140. The third kappa shape index (κ3) is 2.49. The van der Waals surface area contributed by atoms with Crippen LogP contribution >= 0.6 is 11.3 Å². The molecule has 0 aliphatic heterocycles. The molecule has 3 aromatic carbocycles. The summed E-state index contributed by atoms with van der Waals surface area (Å²) in [6.45, 7) is 0. The molecule has 0 amide bonds. The van der Waals surface area contributed by atoms with Crippen LogP contribution in [0.15, 0.2) is 70.9 Å². The zero-order valence-electron chi connectivity index (χ0n) is 13.0. The number of aromatic hydroxyl groups is 1. The predicted octanol–water partition coefficient (Wildman–Crippen LogP) is 4.03. The van der Waals surface area contributed by atoms with Gasteiger partial charge in [-0.05, 0) is 29.0 Å². The fourth-order valence-electron chi connectivity index (χ4n) is 2.73. The molecule has 1 N–H and O–H groups in total. The Kier molecular flexibility index (Phi) is 3.63. The molecule has 0 saturated heterocycles. The molecule has 5 heteroatoms. The molecular formula is C19H15N3OS. The van der Waals surface area contributed by atoms with E-state index in [9.17, 15) is 5.11 Å². The van der Waals surface area contributed by atoms with Gasteiger partial charge in [0.2, 0.25) is 4.80 Å². The number of para-hydroxylation sites is 1. The van der Waals surface area contributed by atoms with Gasteiger partial charge >= 0.3 is 0 Å². The Hall–Kier alpha value is -2.92. The first-order valence-electron chi connectivity index (χ1n) is 7.56. The van der Waals surface area contributed by atoms with Crippen molar-refractivity contribution in [2.24, 2.45) is 17.3 Å². The second-order valence-electron chi connectivity index (χ2n) is 5.48. The van der Waals surface area contributed by atoms with Gasteiger partial charge in [-0.3, -0.25) is 0 Å². The van der Waals surface area contributed by atoms with Gasteiger partial charge in [-0.1, -0.05) is 53.8 Å². The van der Waals surface area contributed by atoms with E-state index >= 15 is 0 Å². The first kappa shape index (κ1) is 14.7. The number of fused-ring (bicyclic) bond motifs is 2. The van der Waals surface area contributed by atoms with Crippen molar-refractivity contribution in [1.82, 2.24) is 4.57 Å². The third-order valence-electron chi connectivity index (χ3n) is 3.99. The van der Waals surface area contributed by atoms with E-state index in [1.807, 2.05) is 54.1 Å². The normalized spacial score (nSPS) is 12.6. The number of hydrogen-bond donors (Lipinski definition) is 1. The number of nitrogens with zero attached hydrogens (tertiary/aromatic N) is 3. The molecule has 24 heavy (non-hydrogen) atoms. The average molecular weight is 333 g/mol. The fraction of sp³-hybridized carbons (Fsp3) is 0.0526. The maximum atomic E-state index is 10.1. The molecular weight excluding hydrogens is 318 g/mol. The molecule has 0 bridgehead atoms. The molecule has 0 aliphatic carbocycles. The topological polar surface area (TPSA) is 49.9 Å². The maximum absolute atomic E-state index is 10.1. The zero-order valence-corrected chi connectivity index (χ0v) is 13.9. The lowest BCUT2D eigenvalue weighted by molar-refractivity contribution is 0.475. The number of phenolic OH excluding ortho intramolecular Hbond substituents is 1. The van der Waals surface area contributed by atoms with Crippen molar-refractivity contribution in [3.8, 4) is 5.75 Å². The summed E-state index contributed by atoms with van der Waals surface area (Å²) in [7, 11) is 1.97. The number of phenols is 1. The highest BCUT2D eigenvalue weighted by Gasteiger charge is 2.04. The minimum atomic E-state index is 0.202. The van der Waals surface area contributed by atoms with Gasteiger partial charge in [-0.15, -0.1) is 5.10 Å². The number of hydrogen-bond acceptors (Lipinski definition) is 4. The molecule has 0 radical (unpaired) electrons. The van der Waals surface area contributed by atoms with Gasteiger partial charge in [-0.25, -0.2) is 0 Å². The Morgan fingerprint density at radius 1 is 1.00 bits per heavy atom. The van der Waals surface area contributed by atoms with Crippen LogP contribution in [-0.4, -0.2) is 15.9 Å². The van der Waals surface area contributed by atoms with Crippen LogP contribution in [0.5, 0.6) is 5.75 Å². The van der Waals surface area contributed by atoms with Gasteiger partial charge in [0.25, 0.3) is 0 Å². The molecule has 0 spiro atoms. The molecule has 0 atom stereocenters. The summed E-state index contributed by atoms with van der Waals surface area (Å²) in [5.41, 5.74) is 1.81. The minimum absolute atomic E-state index is 0.202. The second-order valence-corrected chi connectivity index (χ2v) is 6.48. The van der Waals surface area contributed by atoms with Crippen LogP contribution in [-0.2, 0) is 7.05 Å². The minimum Gasteiger partial charge on any atom is -0.507 e. The smallest absolute Gasteiger partial charge is 0.211 e. The Balaban J connectivity index is 1.80. The van der Waals surface area contributed by atoms with Crippen molar-refractivity contribution >= 4 is 38.5 Å². The average Bonchev–Trinajstić information content (AvgIpc) is 2.93. The lowest BCUT2D eigenvalue weighted by atomic mass is 10.0. The molecule has 1 heterocycles. The summed E-state index contributed by atoms with van der Waals surface area (Å²) in [5.74, 6) is 0.202. The van der Waals surface area contributed by atoms with Crippen LogP contribution in [0.3, 0.4) is 0 Å². The SMILES string of the molecule is Cn1c(=NN=Cc2c(O)ccc3ccccc23)sc2ccccc21. The first-order chi connectivity index (χ1) is 11.7. The van der Waals surface area contributed by atoms with E-state index in [0.717, 1.165) is 21.1 Å². The molecule has 0 unspecified atom stereocenters. The summed E-state index contributed by atoms with van der Waals surface area (Å²) < 4.78 is 3.18. The van der Waals surface area contributed by atoms with E-state index in [4.69, 9.17) is 0 Å². The van der Waals surface area contributed by atoms with Crippen molar-refractivity contribution in [1.29, 1.82) is 0 Å². The Labute approximate surface area is 142 Å². The largest absolute Gasteiger partial charge is 0.507 e. The van der Waals surface area contributed by atoms with E-state index in [1.165, 1.54) is 4.70 Å². The van der Waals surface area contributed by atoms with E-state index < -0.39 is 0 Å². The van der Waals surface area contributed by atoms with Crippen molar-refractivity contribution in [2.45, 2.75) is 0 Å². The molecule has 118 valence electrons. The number of thiazole rings is 1. The Morgan fingerprint density at radius 2 is 1.79 bits per heavy atom. The van der Waals surface area contributed by atoms with E-state index in [-0.39, 0.29) is 5.75 Å². The van der Waals surface area contributed by atoms with Gasteiger partial charge in [0.1, 0.15) is 5.75 Å². The van der Waals surface area contributed by atoms with E-state index in [2.05, 4.69) is 22.3 Å². The molecule has 0 saturated carbocycles. The molecule has 0 fully saturated rings. The summed E-state index contributed by atoms with van der Waals surface area (Å²) in [6.07, 6.45) is 1.61. The van der Waals surface area contributed by atoms with E-state index in [0.29, 0.717) is 5.56 Å². The highest BCUT2D eigenvalue weighted by Crippen LogP contribution is 2.25. The molecule has 4 nitrogen and oxygen atoms in total. The van der Waals surface area contributed by atoms with Gasteiger partial charge in [-0.2, -0.15) is 5.10 Å². The van der Waals surface area contributed by atoms with Crippen LogP contribution in [0.1, 0.15) is 5.56 Å². The number of rotatable bonds is 2. The van der Waals surface area contributed by atoms with Crippen LogP contribution in [0.4, 0.5) is 0 Å². The quantitative estimate of drug-likeness (QED) is 0.437. The van der Waals surface area contributed by atoms with Crippen LogP contribution in [0.2, 0.25) is 0 Å². The monoisotopic (exact) mass is 333 g/mol. The summed E-state index contributed by atoms with van der Waals surface area (Å²) in [6, 6.07) is 19.6. The van der Waals surface area contributed by atoms with Crippen LogP contribution in [0, 0.1) is 0 Å². The lowest BCUT2D eigenvalue weighted by Crippen LogP contribution is -2.08. The predicted molar refractivity (Wildman–Crippen MR) is 99.6 cm³/mol. The lowest BCUT2D eigenvalue weighted by Gasteiger charge is -2.03. The van der Waals surface area contributed by atoms with Crippen LogP contribution in [0.25, 0.3) is 21.0 Å². The summed E-state index contributed by atoms with van der Waals surface area (Å²) in [4.78, 5) is 0.812. The summed E-state index contributed by atoms with van der Waals surface area (Å²) in [5, 5.41) is 20.7. The molecule has 0 aliphatic rings. The van der Waals surface area contributed by atoms with Gasteiger partial charge in [0, 0.05) is 12.6 Å². The first-order valence-corrected chi connectivity index (χ1v) is 8.38. The molecule has 1 aromatic heterocycles. The maximum Gasteiger partial charge on any atom is 0.211 e.